The predicted molar refractivity (Wildman–Crippen MR) is 96.1 cm³/mol. The zero-order valence-electron chi connectivity index (χ0n) is 16.3. The van der Waals surface area contributed by atoms with Gasteiger partial charge in [-0.05, 0) is 18.9 Å². The molecule has 0 radical (unpaired) electrons. The maximum Gasteiger partial charge on any atom is 0.500 e. The van der Waals surface area contributed by atoms with E-state index in [9.17, 15) is 10.1 Å². The third-order valence-corrected chi connectivity index (χ3v) is 6.79. The number of hydrogen-bond acceptors (Lipinski definition) is 8. The first kappa shape index (κ1) is 24.3. The van der Waals surface area contributed by atoms with Gasteiger partial charge in [-0.3, -0.25) is 10.1 Å². The molecular weight excluding hydrogens is 629 g/mol. The number of methoxy groups -OCH3 is 1. The molecule has 1 aromatic carbocycles. The van der Waals surface area contributed by atoms with E-state index < -0.39 is 13.7 Å². The van der Waals surface area contributed by atoms with E-state index in [1.165, 1.54) is 19.2 Å². The second-order valence-corrected chi connectivity index (χ2v) is 8.39. The van der Waals surface area contributed by atoms with E-state index in [4.69, 9.17) is 27.5 Å². The van der Waals surface area contributed by atoms with Crippen molar-refractivity contribution in [3.63, 3.8) is 0 Å². The van der Waals surface area contributed by atoms with Gasteiger partial charge in [0.1, 0.15) is 11.3 Å². The van der Waals surface area contributed by atoms with Crippen LogP contribution in [-0.4, -0.2) is 48.8 Å². The van der Waals surface area contributed by atoms with E-state index in [2.05, 4.69) is 7.11 Å². The number of unbranched alkanes of at least 4 members (excludes halogenated alkanes) is 1. The molecule has 0 spiro atoms. The zero-order valence-corrected chi connectivity index (χ0v) is 23.7. The van der Waals surface area contributed by atoms with Crippen molar-refractivity contribution in [1.29, 1.82) is 0 Å². The number of nitro benzene ring substituents is 1. The van der Waals surface area contributed by atoms with Gasteiger partial charge in [0, 0.05) is 40.0 Å². The summed E-state index contributed by atoms with van der Waals surface area (Å²) in [7, 11) is 6.86. The molecule has 0 N–H and O–H groups in total. The van der Waals surface area contributed by atoms with Crippen molar-refractivity contribution in [3.05, 3.63) is 34.9 Å². The summed E-state index contributed by atoms with van der Waals surface area (Å²) in [6, 6.07) is 3.45. The molecule has 0 atom stereocenters. The Balaban J connectivity index is 0.00000676. The van der Waals surface area contributed by atoms with Gasteiger partial charge in [-0.1, -0.05) is 0 Å². The van der Waals surface area contributed by atoms with Gasteiger partial charge in [-0.25, -0.2) is 0 Å². The van der Waals surface area contributed by atoms with Gasteiger partial charge in [-0.2, -0.15) is 7.11 Å². The number of nitrogens with zero attached hydrogens (tertiary/aromatic N) is 1. The second-order valence-electron chi connectivity index (χ2n) is 5.30. The summed E-state index contributed by atoms with van der Waals surface area (Å²) in [4.78, 5) is 10.8. The molecule has 0 saturated carbocycles. The molecule has 0 aliphatic heterocycles. The Hall–Kier alpha value is -2.72. The smallest absolute Gasteiger partial charge is 0.500 e. The Morgan fingerprint density at radius 1 is 1.11 bits per heavy atom. The minimum absolute atomic E-state index is 0. The SMILES string of the molecule is [CH2-]Oc1ccc([N+](=O)[O-])c(COCCCC[Si](OC)(OC)OC)c1OC.[Rf]. The second kappa shape index (κ2) is 11.8. The quantitative estimate of drug-likeness (QED) is 0.105. The molecule has 0 fully saturated rings. The van der Waals surface area contributed by atoms with Crippen molar-refractivity contribution in [2.75, 3.05) is 35.0 Å². The Labute approximate surface area is 154 Å². The first-order chi connectivity index (χ1) is 12.5. The van der Waals surface area contributed by atoms with Gasteiger partial charge in [0.05, 0.1) is 18.6 Å². The van der Waals surface area contributed by atoms with Crippen LogP contribution in [0, 0.1) is 17.2 Å². The first-order valence-corrected chi connectivity index (χ1v) is 9.91. The topological polar surface area (TPSA) is 98.5 Å². The maximum absolute atomic E-state index is 11.2. The Morgan fingerprint density at radius 2 is 1.74 bits per heavy atom. The van der Waals surface area contributed by atoms with Crippen LogP contribution >= 0.6 is 0 Å². The normalized spacial score (nSPS) is 11.0. The van der Waals surface area contributed by atoms with E-state index in [1.807, 2.05) is 0 Å². The van der Waals surface area contributed by atoms with Crippen molar-refractivity contribution < 1.29 is 32.4 Å². The molecule has 1 aromatic rings. The fraction of sp³-hybridized carbons (Fsp3) is 0.562. The van der Waals surface area contributed by atoms with Crippen LogP contribution in [0.3, 0.4) is 0 Å². The largest absolute Gasteiger partial charge is 0.663 e. The van der Waals surface area contributed by atoms with Crippen LogP contribution in [0.1, 0.15) is 18.4 Å². The maximum atomic E-state index is 11.2. The number of hydrogen-bond donors (Lipinski definition) is 0. The van der Waals surface area contributed by atoms with Crippen LogP contribution in [0.2, 0.25) is 6.04 Å². The Kier molecular flexibility index (Phi) is 10.6. The van der Waals surface area contributed by atoms with Crippen molar-refractivity contribution >= 4 is 14.5 Å². The molecule has 11 heteroatoms. The van der Waals surface area contributed by atoms with E-state index in [-0.39, 0.29) is 18.0 Å². The third kappa shape index (κ3) is 6.18. The van der Waals surface area contributed by atoms with E-state index in [1.54, 1.807) is 21.3 Å². The first-order valence-electron chi connectivity index (χ1n) is 7.98. The summed E-state index contributed by atoms with van der Waals surface area (Å²) in [5.74, 6) is 0.562. The molecule has 0 bridgehead atoms. The fourth-order valence-electron chi connectivity index (χ4n) is 2.52. The van der Waals surface area contributed by atoms with Crippen molar-refractivity contribution in [2.24, 2.45) is 0 Å². The van der Waals surface area contributed by atoms with E-state index in [0.717, 1.165) is 12.8 Å². The molecule has 0 saturated heterocycles. The van der Waals surface area contributed by atoms with Gasteiger partial charge >= 0.3 is 8.80 Å². The van der Waals surface area contributed by atoms with Crippen molar-refractivity contribution in [1.82, 2.24) is 0 Å². The summed E-state index contributed by atoms with van der Waals surface area (Å²) in [6.45, 7) is 0.440. The predicted octanol–water partition coefficient (Wildman–Crippen LogP) is 2.95. The zero-order chi connectivity index (χ0) is 19.6. The molecule has 0 unspecified atom stereocenters. The van der Waals surface area contributed by atoms with Crippen LogP contribution in [0.4, 0.5) is 5.69 Å². The average Bonchev–Trinajstić information content (AvgIpc) is 2.67. The molecule has 0 aliphatic carbocycles. The Morgan fingerprint density at radius 3 is 2.22 bits per heavy atom. The summed E-state index contributed by atoms with van der Waals surface area (Å²) >= 11 is 0. The molecule has 0 aliphatic rings. The minimum atomic E-state index is -2.58. The average molecular weight is 655 g/mol. The number of rotatable bonds is 13. The Bertz CT molecular complexity index is 578. The molecule has 27 heavy (non-hydrogen) atoms. The summed E-state index contributed by atoms with van der Waals surface area (Å²) in [6.07, 6.45) is 1.51. The van der Waals surface area contributed by atoms with Gasteiger partial charge in [0.2, 0.25) is 0 Å². The summed E-state index contributed by atoms with van der Waals surface area (Å²) in [5.41, 5.74) is 0.222. The van der Waals surface area contributed by atoms with Crippen LogP contribution < -0.4 is 9.47 Å². The van der Waals surface area contributed by atoms with Crippen molar-refractivity contribution in [2.45, 2.75) is 25.5 Å². The molecule has 1 rings (SSSR count). The van der Waals surface area contributed by atoms with Gasteiger partial charge in [0.25, 0.3) is 5.69 Å². The molecule has 9 nitrogen and oxygen atoms in total. The van der Waals surface area contributed by atoms with Crippen LogP contribution in [-0.2, 0) is 24.6 Å². The molecular formula is C16H26NO8RfSi-. The third-order valence-electron chi connectivity index (χ3n) is 3.96. The van der Waals surface area contributed by atoms with Gasteiger partial charge in [0.15, 0.2) is 5.75 Å². The fourth-order valence-corrected chi connectivity index (χ4v) is 4.32. The molecule has 150 valence electrons. The van der Waals surface area contributed by atoms with Crippen molar-refractivity contribution in [3.8, 4) is 11.5 Å². The number of ether oxygens (including phenoxy) is 3. The molecule has 0 aromatic heterocycles. The number of benzene rings is 1. The summed E-state index contributed by atoms with van der Waals surface area (Å²) < 4.78 is 31.8. The molecule has 0 amide bonds. The standard InChI is InChI=1S/C16H26NO8Si.Rf/c1-20-15-9-8-14(17(18)19)13(16(15)21-2)12-25-10-6-7-11-26(22-3,23-4)24-5;/h8-9H,1,6-7,10-12H2,2-5H3;/q-1;. The van der Waals surface area contributed by atoms with E-state index >= 15 is 0 Å². The van der Waals surface area contributed by atoms with Crippen LogP contribution in [0.15, 0.2) is 12.1 Å². The van der Waals surface area contributed by atoms with E-state index in [0.29, 0.717) is 24.0 Å². The minimum Gasteiger partial charge on any atom is -0.663 e. The monoisotopic (exact) mass is 655 g/mol. The van der Waals surface area contributed by atoms with Crippen LogP contribution in [0.5, 0.6) is 11.5 Å². The number of nitro groups is 1. The van der Waals surface area contributed by atoms with Crippen LogP contribution in [0.25, 0.3) is 0 Å². The summed E-state index contributed by atoms with van der Waals surface area (Å²) in [5, 5.41) is 11.2. The molecule has 0 heterocycles. The van der Waals surface area contributed by atoms with Gasteiger partial charge in [-0.15, -0.1) is 0 Å². The van der Waals surface area contributed by atoms with Gasteiger partial charge < -0.3 is 27.5 Å².